The number of nitrogens with zero attached hydrogens (tertiary/aromatic N) is 1. The molecule has 8 heteroatoms. The topological polar surface area (TPSA) is 88.2 Å². The van der Waals surface area contributed by atoms with Gasteiger partial charge in [0, 0.05) is 6.04 Å². The van der Waals surface area contributed by atoms with E-state index in [9.17, 15) is 13.2 Å². The Morgan fingerprint density at radius 2 is 2.11 bits per heavy atom. The molecule has 1 atom stereocenters. The number of carbonyl (C=O) groups is 1. The third-order valence-electron chi connectivity index (χ3n) is 2.27. The van der Waals surface area contributed by atoms with E-state index in [-0.39, 0.29) is 17.1 Å². The minimum absolute atomic E-state index is 0.0744. The van der Waals surface area contributed by atoms with E-state index >= 15 is 0 Å². The molecule has 6 nitrogen and oxygen atoms in total. The monoisotopic (exact) mass is 291 g/mol. The number of anilines is 1. The van der Waals surface area contributed by atoms with Gasteiger partial charge < -0.3 is 5.32 Å². The molecule has 2 N–H and O–H groups in total. The van der Waals surface area contributed by atoms with Crippen molar-refractivity contribution >= 4 is 32.4 Å². The molecule has 0 saturated heterocycles. The van der Waals surface area contributed by atoms with Gasteiger partial charge in [0.25, 0.3) is 5.91 Å². The van der Waals surface area contributed by atoms with Gasteiger partial charge in [-0.1, -0.05) is 18.3 Å². The second-order valence-corrected chi connectivity index (χ2v) is 6.84. The molecule has 1 heterocycles. The highest BCUT2D eigenvalue weighted by atomic mass is 32.2. The van der Waals surface area contributed by atoms with E-state index in [2.05, 4.69) is 15.0 Å². The van der Waals surface area contributed by atoms with Gasteiger partial charge >= 0.3 is 0 Å². The predicted molar refractivity (Wildman–Crippen MR) is 72.5 cm³/mol. The molecule has 0 saturated carbocycles. The molecule has 1 aromatic rings. The number of rotatable bonds is 5. The lowest BCUT2D eigenvalue weighted by Gasteiger charge is -2.09. The van der Waals surface area contributed by atoms with Crippen LogP contribution in [0.15, 0.2) is 0 Å². The molecule has 0 aliphatic rings. The first kappa shape index (κ1) is 14.9. The van der Waals surface area contributed by atoms with E-state index < -0.39 is 10.0 Å². The Hall–Kier alpha value is -1.15. The molecule has 0 fully saturated rings. The van der Waals surface area contributed by atoms with Crippen LogP contribution in [0.25, 0.3) is 0 Å². The summed E-state index contributed by atoms with van der Waals surface area (Å²) in [4.78, 5) is 16.3. The second-order valence-electron chi connectivity index (χ2n) is 4.09. The van der Waals surface area contributed by atoms with Gasteiger partial charge in [-0.2, -0.15) is 0 Å². The zero-order valence-corrected chi connectivity index (χ0v) is 12.4. The van der Waals surface area contributed by atoms with Crippen molar-refractivity contribution in [3.63, 3.8) is 0 Å². The average Bonchev–Trinajstić information content (AvgIpc) is 2.56. The van der Waals surface area contributed by atoms with Gasteiger partial charge in [-0.3, -0.25) is 9.52 Å². The van der Waals surface area contributed by atoms with Gasteiger partial charge in [0.15, 0.2) is 5.13 Å². The van der Waals surface area contributed by atoms with E-state index in [0.717, 1.165) is 24.0 Å². The third kappa shape index (κ3) is 4.26. The zero-order chi connectivity index (χ0) is 13.9. The van der Waals surface area contributed by atoms with Gasteiger partial charge in [-0.15, -0.1) is 0 Å². The van der Waals surface area contributed by atoms with Crippen LogP contribution in [0.2, 0.25) is 0 Å². The lowest BCUT2D eigenvalue weighted by molar-refractivity contribution is 0.0942. The van der Waals surface area contributed by atoms with Gasteiger partial charge in [-0.05, 0) is 20.3 Å². The molecule has 1 rings (SSSR count). The summed E-state index contributed by atoms with van der Waals surface area (Å²) in [5.74, 6) is -0.221. The Morgan fingerprint density at radius 3 is 2.61 bits per heavy atom. The van der Waals surface area contributed by atoms with Crippen LogP contribution in [0.3, 0.4) is 0 Å². The number of hydrogen-bond donors (Lipinski definition) is 2. The van der Waals surface area contributed by atoms with Crippen molar-refractivity contribution in [2.24, 2.45) is 0 Å². The SMILES string of the molecule is CC[C@H](C)NC(=O)c1sc(NS(C)(=O)=O)nc1C. The number of amides is 1. The van der Waals surface area contributed by atoms with Crippen LogP contribution in [-0.4, -0.2) is 31.6 Å². The number of carbonyl (C=O) groups excluding carboxylic acids is 1. The third-order valence-corrected chi connectivity index (χ3v) is 4.03. The van der Waals surface area contributed by atoms with Gasteiger partial charge in [0.2, 0.25) is 10.0 Å². The maximum Gasteiger partial charge on any atom is 0.263 e. The molecular formula is C10H17N3O3S2. The van der Waals surface area contributed by atoms with E-state index in [4.69, 9.17) is 0 Å². The predicted octanol–water partition coefficient (Wildman–Crippen LogP) is 1.35. The van der Waals surface area contributed by atoms with Crippen molar-refractivity contribution in [3.8, 4) is 0 Å². The highest BCUT2D eigenvalue weighted by molar-refractivity contribution is 7.92. The normalized spacial score (nSPS) is 13.1. The lowest BCUT2D eigenvalue weighted by atomic mass is 10.2. The number of sulfonamides is 1. The molecule has 1 aromatic heterocycles. The summed E-state index contributed by atoms with van der Waals surface area (Å²) in [5.41, 5.74) is 0.520. The van der Waals surface area contributed by atoms with E-state index in [1.807, 2.05) is 13.8 Å². The number of nitrogens with one attached hydrogen (secondary N) is 2. The van der Waals surface area contributed by atoms with Gasteiger partial charge in [0.05, 0.1) is 11.9 Å². The standard InChI is InChI=1S/C10H17N3O3S2/c1-5-6(2)11-9(14)8-7(3)12-10(17-8)13-18(4,15)16/h6H,5H2,1-4H3,(H,11,14)(H,12,13)/t6-/m0/s1. The number of hydrogen-bond acceptors (Lipinski definition) is 5. The molecule has 18 heavy (non-hydrogen) atoms. The van der Waals surface area contributed by atoms with Crippen molar-refractivity contribution < 1.29 is 13.2 Å². The fourth-order valence-corrected chi connectivity index (χ4v) is 2.91. The molecule has 0 radical (unpaired) electrons. The van der Waals surface area contributed by atoms with Crippen molar-refractivity contribution in [1.82, 2.24) is 10.3 Å². The van der Waals surface area contributed by atoms with Crippen LogP contribution in [0.5, 0.6) is 0 Å². The van der Waals surface area contributed by atoms with Gasteiger partial charge in [0.1, 0.15) is 4.88 Å². The van der Waals surface area contributed by atoms with Crippen molar-refractivity contribution in [2.75, 3.05) is 11.0 Å². The maximum atomic E-state index is 11.9. The van der Waals surface area contributed by atoms with Gasteiger partial charge in [-0.25, -0.2) is 13.4 Å². The molecule has 1 amide bonds. The minimum Gasteiger partial charge on any atom is -0.349 e. The quantitative estimate of drug-likeness (QED) is 0.857. The van der Waals surface area contributed by atoms with Crippen LogP contribution < -0.4 is 10.0 Å². The molecule has 0 aromatic carbocycles. The van der Waals surface area contributed by atoms with Crippen LogP contribution in [0.4, 0.5) is 5.13 Å². The number of thiazole rings is 1. The molecular weight excluding hydrogens is 274 g/mol. The van der Waals surface area contributed by atoms with Crippen LogP contribution in [0, 0.1) is 6.92 Å². The average molecular weight is 291 g/mol. The molecule has 0 bridgehead atoms. The summed E-state index contributed by atoms with van der Waals surface area (Å²) in [6.07, 6.45) is 1.88. The largest absolute Gasteiger partial charge is 0.349 e. The Morgan fingerprint density at radius 1 is 1.50 bits per heavy atom. The zero-order valence-electron chi connectivity index (χ0n) is 10.8. The number of aryl methyl sites for hydroxylation is 1. The molecule has 0 aliphatic carbocycles. The first-order valence-corrected chi connectivity index (χ1v) is 8.19. The molecule has 0 aliphatic heterocycles. The summed E-state index contributed by atoms with van der Waals surface area (Å²) in [7, 11) is -3.37. The first-order chi connectivity index (χ1) is 8.23. The highest BCUT2D eigenvalue weighted by Crippen LogP contribution is 2.23. The van der Waals surface area contributed by atoms with Crippen molar-refractivity contribution in [2.45, 2.75) is 33.2 Å². The van der Waals surface area contributed by atoms with Crippen molar-refractivity contribution in [1.29, 1.82) is 0 Å². The smallest absolute Gasteiger partial charge is 0.263 e. The summed E-state index contributed by atoms with van der Waals surface area (Å²) < 4.78 is 24.4. The Labute approximate surface area is 111 Å². The van der Waals surface area contributed by atoms with E-state index in [0.29, 0.717) is 10.6 Å². The highest BCUT2D eigenvalue weighted by Gasteiger charge is 2.17. The van der Waals surface area contributed by atoms with Crippen LogP contribution in [0.1, 0.15) is 35.6 Å². The second kappa shape index (κ2) is 5.66. The molecule has 0 unspecified atom stereocenters. The Kier molecular flexibility index (Phi) is 4.69. The number of aromatic nitrogens is 1. The molecule has 102 valence electrons. The molecule has 0 spiro atoms. The summed E-state index contributed by atoms with van der Waals surface area (Å²) in [6.45, 7) is 5.56. The Balaban J connectivity index is 2.88. The minimum atomic E-state index is -3.37. The van der Waals surface area contributed by atoms with Crippen molar-refractivity contribution in [3.05, 3.63) is 10.6 Å². The summed E-state index contributed by atoms with van der Waals surface area (Å²) in [5, 5.41) is 3.03. The summed E-state index contributed by atoms with van der Waals surface area (Å²) >= 11 is 1.03. The first-order valence-electron chi connectivity index (χ1n) is 5.49. The maximum absolute atomic E-state index is 11.9. The lowest BCUT2D eigenvalue weighted by Crippen LogP contribution is -2.31. The fourth-order valence-electron chi connectivity index (χ4n) is 1.20. The van der Waals surface area contributed by atoms with E-state index in [1.54, 1.807) is 6.92 Å². The Bertz CT molecular complexity index is 537. The fraction of sp³-hybridized carbons (Fsp3) is 0.600. The summed E-state index contributed by atoms with van der Waals surface area (Å²) in [6, 6.07) is 0.0744. The van der Waals surface area contributed by atoms with Crippen LogP contribution >= 0.6 is 11.3 Å². The van der Waals surface area contributed by atoms with E-state index in [1.165, 1.54) is 0 Å². The van der Waals surface area contributed by atoms with Crippen LogP contribution in [-0.2, 0) is 10.0 Å².